The molecule has 3 rings (SSSR count). The van der Waals surface area contributed by atoms with Gasteiger partial charge in [-0.3, -0.25) is 14.5 Å². The van der Waals surface area contributed by atoms with Crippen LogP contribution in [-0.4, -0.2) is 65.4 Å². The number of aromatic nitrogens is 1. The Morgan fingerprint density at radius 1 is 0.966 bits per heavy atom. The molecule has 2 aromatic rings. The molecule has 2 heterocycles. The third-order valence-electron chi connectivity index (χ3n) is 5.49. The predicted molar refractivity (Wildman–Crippen MR) is 116 cm³/mol. The molecule has 1 aliphatic heterocycles. The molecule has 1 N–H and O–H groups in total. The normalized spacial score (nSPS) is 14.8. The zero-order chi connectivity index (χ0) is 21.0. The van der Waals surface area contributed by atoms with Gasteiger partial charge in [-0.15, -0.1) is 0 Å². The van der Waals surface area contributed by atoms with Crippen LogP contribution in [0.2, 0.25) is 0 Å². The van der Waals surface area contributed by atoms with Gasteiger partial charge in [-0.05, 0) is 51.5 Å². The number of rotatable bonds is 6. The van der Waals surface area contributed by atoms with Crippen LogP contribution < -0.4 is 5.32 Å². The zero-order valence-corrected chi connectivity index (χ0v) is 18.0. The van der Waals surface area contributed by atoms with Gasteiger partial charge < -0.3 is 14.8 Å². The molecule has 0 radical (unpaired) electrons. The Bertz CT molecular complexity index is 859. The molecular weight excluding hydrogens is 364 g/mol. The summed E-state index contributed by atoms with van der Waals surface area (Å²) in [4.78, 5) is 29.4. The van der Waals surface area contributed by atoms with Gasteiger partial charge in [-0.1, -0.05) is 18.6 Å². The lowest BCUT2D eigenvalue weighted by Crippen LogP contribution is -2.51. The van der Waals surface area contributed by atoms with E-state index in [0.29, 0.717) is 39.3 Å². The summed E-state index contributed by atoms with van der Waals surface area (Å²) in [6.45, 7) is 12.0. The van der Waals surface area contributed by atoms with E-state index in [1.165, 1.54) is 0 Å². The van der Waals surface area contributed by atoms with Crippen molar-refractivity contribution in [2.24, 2.45) is 0 Å². The third-order valence-corrected chi connectivity index (χ3v) is 5.49. The molecule has 0 bridgehead atoms. The van der Waals surface area contributed by atoms with E-state index < -0.39 is 0 Å². The number of carbonyl (C=O) groups excluding carboxylic acids is 2. The van der Waals surface area contributed by atoms with Crippen molar-refractivity contribution in [1.29, 1.82) is 0 Å². The minimum atomic E-state index is 0.0613. The van der Waals surface area contributed by atoms with Crippen LogP contribution in [-0.2, 0) is 4.79 Å². The molecule has 1 saturated heterocycles. The molecule has 6 nitrogen and oxygen atoms in total. The second-order valence-electron chi connectivity index (χ2n) is 7.89. The number of benzene rings is 1. The standard InChI is InChI=1S/C23H32N4O2/c1-5-10-24-22(28)16-25-11-13-26(14-12-25)23(29)20-15-17(2)6-9-21(20)27-18(3)7-8-19(27)4/h6-9,15H,5,10-14,16H2,1-4H3,(H,24,28). The maximum Gasteiger partial charge on any atom is 0.256 e. The number of hydrogen-bond donors (Lipinski definition) is 1. The summed E-state index contributed by atoms with van der Waals surface area (Å²) in [5, 5.41) is 2.92. The fourth-order valence-electron chi connectivity index (χ4n) is 3.87. The molecule has 156 valence electrons. The summed E-state index contributed by atoms with van der Waals surface area (Å²) >= 11 is 0. The highest BCUT2D eigenvalue weighted by atomic mass is 16.2. The molecule has 1 aromatic carbocycles. The summed E-state index contributed by atoms with van der Waals surface area (Å²) in [7, 11) is 0. The van der Waals surface area contributed by atoms with Crippen LogP contribution in [0, 0.1) is 20.8 Å². The average molecular weight is 397 g/mol. The van der Waals surface area contributed by atoms with Crippen molar-refractivity contribution < 1.29 is 9.59 Å². The lowest BCUT2D eigenvalue weighted by atomic mass is 10.1. The van der Waals surface area contributed by atoms with Crippen LogP contribution in [0.25, 0.3) is 5.69 Å². The van der Waals surface area contributed by atoms with Gasteiger partial charge in [0.15, 0.2) is 0 Å². The molecule has 0 saturated carbocycles. The highest BCUT2D eigenvalue weighted by Crippen LogP contribution is 2.23. The molecule has 29 heavy (non-hydrogen) atoms. The van der Waals surface area contributed by atoms with Gasteiger partial charge >= 0.3 is 0 Å². The summed E-state index contributed by atoms with van der Waals surface area (Å²) in [6.07, 6.45) is 0.938. The largest absolute Gasteiger partial charge is 0.355 e. The third kappa shape index (κ3) is 4.88. The van der Waals surface area contributed by atoms with Crippen molar-refractivity contribution in [2.45, 2.75) is 34.1 Å². The Labute approximate surface area is 173 Å². The maximum absolute atomic E-state index is 13.4. The van der Waals surface area contributed by atoms with Crippen molar-refractivity contribution in [2.75, 3.05) is 39.3 Å². The van der Waals surface area contributed by atoms with Crippen molar-refractivity contribution in [3.8, 4) is 5.69 Å². The topological polar surface area (TPSA) is 57.6 Å². The van der Waals surface area contributed by atoms with Crippen LogP contribution in [0.15, 0.2) is 30.3 Å². The van der Waals surface area contributed by atoms with Crippen molar-refractivity contribution in [1.82, 2.24) is 19.7 Å². The Morgan fingerprint density at radius 2 is 1.62 bits per heavy atom. The van der Waals surface area contributed by atoms with E-state index in [1.54, 1.807) is 0 Å². The molecule has 0 atom stereocenters. The summed E-state index contributed by atoms with van der Waals surface area (Å²) in [6, 6.07) is 10.2. The van der Waals surface area contributed by atoms with Gasteiger partial charge in [-0.25, -0.2) is 0 Å². The van der Waals surface area contributed by atoms with Crippen LogP contribution in [0.5, 0.6) is 0 Å². The Morgan fingerprint density at radius 3 is 2.24 bits per heavy atom. The van der Waals surface area contributed by atoms with Crippen molar-refractivity contribution in [3.63, 3.8) is 0 Å². The molecular formula is C23H32N4O2. The van der Waals surface area contributed by atoms with E-state index in [2.05, 4.69) is 46.8 Å². The van der Waals surface area contributed by atoms with Crippen LogP contribution in [0.4, 0.5) is 0 Å². The summed E-state index contributed by atoms with van der Waals surface area (Å²) < 4.78 is 2.14. The second-order valence-corrected chi connectivity index (χ2v) is 7.89. The number of aryl methyl sites for hydroxylation is 3. The molecule has 0 aliphatic carbocycles. The SMILES string of the molecule is CCCNC(=O)CN1CCN(C(=O)c2cc(C)ccc2-n2c(C)ccc2C)CC1. The van der Waals surface area contributed by atoms with E-state index in [0.717, 1.165) is 34.6 Å². The van der Waals surface area contributed by atoms with Crippen molar-refractivity contribution in [3.05, 3.63) is 52.8 Å². The van der Waals surface area contributed by atoms with Crippen LogP contribution >= 0.6 is 0 Å². The predicted octanol–water partition coefficient (Wildman–Crippen LogP) is 2.69. The number of hydrogen-bond acceptors (Lipinski definition) is 3. The lowest BCUT2D eigenvalue weighted by Gasteiger charge is -2.34. The first-order chi connectivity index (χ1) is 13.9. The quantitative estimate of drug-likeness (QED) is 0.817. The maximum atomic E-state index is 13.4. The molecule has 2 amide bonds. The number of carbonyl (C=O) groups is 2. The average Bonchev–Trinajstić information content (AvgIpc) is 3.04. The molecule has 1 aliphatic rings. The first kappa shape index (κ1) is 21.1. The molecule has 1 fully saturated rings. The molecule has 6 heteroatoms. The number of amides is 2. The fourth-order valence-corrected chi connectivity index (χ4v) is 3.87. The first-order valence-corrected chi connectivity index (χ1v) is 10.4. The van der Waals surface area contributed by atoms with Gasteiger partial charge in [0.2, 0.25) is 5.91 Å². The van der Waals surface area contributed by atoms with Crippen molar-refractivity contribution >= 4 is 11.8 Å². The molecule has 0 unspecified atom stereocenters. The van der Waals surface area contributed by atoms with Gasteiger partial charge in [0.25, 0.3) is 5.91 Å². The smallest absolute Gasteiger partial charge is 0.256 e. The van der Waals surface area contributed by atoms with E-state index in [1.807, 2.05) is 30.9 Å². The van der Waals surface area contributed by atoms with E-state index >= 15 is 0 Å². The monoisotopic (exact) mass is 396 g/mol. The van der Waals surface area contributed by atoms with Crippen LogP contribution in [0.1, 0.15) is 40.7 Å². The molecule has 0 spiro atoms. The number of piperazine rings is 1. The number of nitrogens with zero attached hydrogens (tertiary/aromatic N) is 3. The highest BCUT2D eigenvalue weighted by Gasteiger charge is 2.25. The first-order valence-electron chi connectivity index (χ1n) is 10.4. The minimum absolute atomic E-state index is 0.0613. The second kappa shape index (κ2) is 9.27. The zero-order valence-electron chi connectivity index (χ0n) is 18.0. The van der Waals surface area contributed by atoms with Gasteiger partial charge in [-0.2, -0.15) is 0 Å². The van der Waals surface area contributed by atoms with Gasteiger partial charge in [0.05, 0.1) is 17.8 Å². The summed E-state index contributed by atoms with van der Waals surface area (Å²) in [5.74, 6) is 0.123. The fraction of sp³-hybridized carbons (Fsp3) is 0.478. The highest BCUT2D eigenvalue weighted by molar-refractivity contribution is 5.98. The Kier molecular flexibility index (Phi) is 6.75. The van der Waals surface area contributed by atoms with Gasteiger partial charge in [0, 0.05) is 44.1 Å². The lowest BCUT2D eigenvalue weighted by molar-refractivity contribution is -0.122. The van der Waals surface area contributed by atoms with E-state index in [9.17, 15) is 9.59 Å². The summed E-state index contributed by atoms with van der Waals surface area (Å²) in [5.41, 5.74) is 4.97. The Balaban J connectivity index is 1.72. The van der Waals surface area contributed by atoms with Crippen LogP contribution in [0.3, 0.4) is 0 Å². The van der Waals surface area contributed by atoms with Gasteiger partial charge in [0.1, 0.15) is 0 Å². The van der Waals surface area contributed by atoms with E-state index in [-0.39, 0.29) is 11.8 Å². The molecule has 1 aromatic heterocycles. The Hall–Kier alpha value is -2.60. The minimum Gasteiger partial charge on any atom is -0.355 e. The van der Waals surface area contributed by atoms with E-state index in [4.69, 9.17) is 0 Å². The number of nitrogens with one attached hydrogen (secondary N) is 1.